The van der Waals surface area contributed by atoms with E-state index in [9.17, 15) is 0 Å². The molecule has 21 heavy (non-hydrogen) atoms. The molecule has 0 spiro atoms. The Kier molecular flexibility index (Phi) is 4.48. The molecule has 0 unspecified atom stereocenters. The van der Waals surface area contributed by atoms with Gasteiger partial charge in [0, 0.05) is 16.7 Å². The highest BCUT2D eigenvalue weighted by Crippen LogP contribution is 2.38. The maximum Gasteiger partial charge on any atom is 0.179 e. The molecule has 0 saturated heterocycles. The third-order valence-electron chi connectivity index (χ3n) is 3.07. The molecule has 3 nitrogen and oxygen atoms in total. The molecule has 1 N–H and O–H groups in total. The summed E-state index contributed by atoms with van der Waals surface area (Å²) in [7, 11) is 0. The van der Waals surface area contributed by atoms with E-state index in [1.165, 1.54) is 0 Å². The Bertz CT molecular complexity index is 679. The second kappa shape index (κ2) is 6.34. The maximum absolute atomic E-state index is 6.22. The highest BCUT2D eigenvalue weighted by atomic mass is 79.9. The Balaban J connectivity index is 1.76. The zero-order chi connectivity index (χ0) is 14.8. The molecular weight excluding hydrogens is 377 g/mol. The summed E-state index contributed by atoms with van der Waals surface area (Å²) in [6.45, 7) is 1.71. The maximum atomic E-state index is 6.22. The first-order chi connectivity index (χ1) is 10.1. The monoisotopic (exact) mass is 387 g/mol. The third kappa shape index (κ3) is 3.39. The lowest BCUT2D eigenvalue weighted by atomic mass is 10.2. The SMILES string of the molecule is Clc1ccc(NCc2cc(Cl)c3c(c2)OCCO3)cc1Br. The number of nitrogens with one attached hydrogen (secondary N) is 1. The van der Waals surface area contributed by atoms with Crippen molar-refractivity contribution in [1.82, 2.24) is 0 Å². The Hall–Kier alpha value is -1.10. The van der Waals surface area contributed by atoms with Crippen LogP contribution in [0.5, 0.6) is 11.5 Å². The molecule has 2 aromatic rings. The van der Waals surface area contributed by atoms with Gasteiger partial charge in [-0.15, -0.1) is 0 Å². The number of hydrogen-bond acceptors (Lipinski definition) is 3. The van der Waals surface area contributed by atoms with Crippen molar-refractivity contribution in [3.63, 3.8) is 0 Å². The van der Waals surface area contributed by atoms with E-state index in [-0.39, 0.29) is 0 Å². The van der Waals surface area contributed by atoms with Crippen molar-refractivity contribution in [2.45, 2.75) is 6.54 Å². The second-order valence-corrected chi connectivity index (χ2v) is 6.25. The van der Waals surface area contributed by atoms with Crippen LogP contribution in [-0.4, -0.2) is 13.2 Å². The van der Waals surface area contributed by atoms with E-state index in [1.54, 1.807) is 0 Å². The Morgan fingerprint density at radius 3 is 2.67 bits per heavy atom. The Labute approximate surface area is 141 Å². The molecule has 0 saturated carbocycles. The summed E-state index contributed by atoms with van der Waals surface area (Å²) in [5, 5.41) is 4.57. The van der Waals surface area contributed by atoms with E-state index >= 15 is 0 Å². The second-order valence-electron chi connectivity index (χ2n) is 4.58. The number of rotatable bonds is 3. The largest absolute Gasteiger partial charge is 0.486 e. The van der Waals surface area contributed by atoms with Crippen molar-refractivity contribution < 1.29 is 9.47 Å². The molecular formula is C15H12BrCl2NO2. The van der Waals surface area contributed by atoms with Crippen LogP contribution in [0.2, 0.25) is 10.0 Å². The minimum Gasteiger partial charge on any atom is -0.486 e. The zero-order valence-electron chi connectivity index (χ0n) is 11.0. The minimum atomic E-state index is 0.531. The summed E-state index contributed by atoms with van der Waals surface area (Å²) in [6.07, 6.45) is 0. The van der Waals surface area contributed by atoms with Gasteiger partial charge < -0.3 is 14.8 Å². The first-order valence-electron chi connectivity index (χ1n) is 6.40. The van der Waals surface area contributed by atoms with Crippen LogP contribution < -0.4 is 14.8 Å². The van der Waals surface area contributed by atoms with Crippen LogP contribution in [0.15, 0.2) is 34.8 Å². The van der Waals surface area contributed by atoms with Crippen LogP contribution in [0.4, 0.5) is 5.69 Å². The third-order valence-corrected chi connectivity index (χ3v) is 4.57. The van der Waals surface area contributed by atoms with Crippen molar-refractivity contribution in [3.8, 4) is 11.5 Å². The number of halogens is 3. The van der Waals surface area contributed by atoms with Crippen LogP contribution in [0, 0.1) is 0 Å². The summed E-state index contributed by atoms with van der Waals surface area (Å²) < 4.78 is 11.9. The summed E-state index contributed by atoms with van der Waals surface area (Å²) in [5.41, 5.74) is 1.99. The fourth-order valence-electron chi connectivity index (χ4n) is 2.08. The first-order valence-corrected chi connectivity index (χ1v) is 7.95. The van der Waals surface area contributed by atoms with Gasteiger partial charge in [-0.2, -0.15) is 0 Å². The molecule has 0 radical (unpaired) electrons. The van der Waals surface area contributed by atoms with Crippen molar-refractivity contribution >= 4 is 44.8 Å². The molecule has 0 bridgehead atoms. The van der Waals surface area contributed by atoms with Crippen LogP contribution in [-0.2, 0) is 6.54 Å². The van der Waals surface area contributed by atoms with E-state index in [2.05, 4.69) is 21.2 Å². The van der Waals surface area contributed by atoms with Gasteiger partial charge in [0.25, 0.3) is 0 Å². The fourth-order valence-corrected chi connectivity index (χ4v) is 2.86. The lowest BCUT2D eigenvalue weighted by Crippen LogP contribution is -2.16. The van der Waals surface area contributed by atoms with Gasteiger partial charge >= 0.3 is 0 Å². The van der Waals surface area contributed by atoms with Crippen LogP contribution in [0.25, 0.3) is 0 Å². The number of hydrogen-bond donors (Lipinski definition) is 1. The van der Waals surface area contributed by atoms with E-state index in [4.69, 9.17) is 32.7 Å². The molecule has 0 amide bonds. The lowest BCUT2D eigenvalue weighted by Gasteiger charge is -2.20. The highest BCUT2D eigenvalue weighted by molar-refractivity contribution is 9.10. The normalized spacial score (nSPS) is 13.1. The standard InChI is InChI=1S/C15H12BrCl2NO2/c16-11-7-10(1-2-12(11)17)19-8-9-5-13(18)15-14(6-9)20-3-4-21-15/h1-2,5-7,19H,3-4,8H2. The molecule has 0 atom stereocenters. The number of anilines is 1. The Morgan fingerprint density at radius 1 is 1.05 bits per heavy atom. The van der Waals surface area contributed by atoms with Crippen molar-refractivity contribution in [2.75, 3.05) is 18.5 Å². The van der Waals surface area contributed by atoms with E-state index in [0.29, 0.717) is 41.3 Å². The quantitative estimate of drug-likeness (QED) is 0.789. The van der Waals surface area contributed by atoms with Gasteiger partial charge in [-0.1, -0.05) is 23.2 Å². The van der Waals surface area contributed by atoms with E-state index in [0.717, 1.165) is 15.7 Å². The predicted octanol–water partition coefficient (Wildman–Crippen LogP) is 5.14. The Morgan fingerprint density at radius 2 is 1.86 bits per heavy atom. The van der Waals surface area contributed by atoms with Gasteiger partial charge in [-0.05, 0) is 51.8 Å². The highest BCUT2D eigenvalue weighted by Gasteiger charge is 2.16. The average Bonchev–Trinajstić information content (AvgIpc) is 2.49. The molecule has 1 aliphatic rings. The molecule has 3 rings (SSSR count). The average molecular weight is 389 g/mol. The van der Waals surface area contributed by atoms with Crippen molar-refractivity contribution in [2.24, 2.45) is 0 Å². The predicted molar refractivity (Wildman–Crippen MR) is 88.9 cm³/mol. The summed E-state index contributed by atoms with van der Waals surface area (Å²) >= 11 is 15.6. The molecule has 0 fully saturated rings. The summed E-state index contributed by atoms with van der Waals surface area (Å²) in [6, 6.07) is 9.52. The smallest absolute Gasteiger partial charge is 0.179 e. The number of ether oxygens (including phenoxy) is 2. The number of benzene rings is 2. The van der Waals surface area contributed by atoms with Gasteiger partial charge in [-0.25, -0.2) is 0 Å². The zero-order valence-corrected chi connectivity index (χ0v) is 14.1. The topological polar surface area (TPSA) is 30.5 Å². The molecule has 6 heteroatoms. The van der Waals surface area contributed by atoms with E-state index in [1.807, 2.05) is 30.3 Å². The van der Waals surface area contributed by atoms with Crippen LogP contribution in [0.1, 0.15) is 5.56 Å². The summed E-state index contributed by atoms with van der Waals surface area (Å²) in [5.74, 6) is 1.32. The van der Waals surface area contributed by atoms with Gasteiger partial charge in [-0.3, -0.25) is 0 Å². The minimum absolute atomic E-state index is 0.531. The fraction of sp³-hybridized carbons (Fsp3) is 0.200. The van der Waals surface area contributed by atoms with Crippen molar-refractivity contribution in [3.05, 3.63) is 50.4 Å². The van der Waals surface area contributed by atoms with Gasteiger partial charge in [0.05, 0.1) is 10.0 Å². The lowest BCUT2D eigenvalue weighted by molar-refractivity contribution is 0.171. The summed E-state index contributed by atoms with van der Waals surface area (Å²) in [4.78, 5) is 0. The van der Waals surface area contributed by atoms with Gasteiger partial charge in [0.1, 0.15) is 13.2 Å². The van der Waals surface area contributed by atoms with Gasteiger partial charge in [0.15, 0.2) is 11.5 Å². The van der Waals surface area contributed by atoms with E-state index < -0.39 is 0 Å². The molecule has 1 heterocycles. The molecule has 0 aliphatic carbocycles. The molecule has 0 aromatic heterocycles. The van der Waals surface area contributed by atoms with Crippen LogP contribution >= 0.6 is 39.1 Å². The first kappa shape index (κ1) is 14.8. The van der Waals surface area contributed by atoms with Gasteiger partial charge in [0.2, 0.25) is 0 Å². The van der Waals surface area contributed by atoms with Crippen molar-refractivity contribution in [1.29, 1.82) is 0 Å². The van der Waals surface area contributed by atoms with Crippen LogP contribution in [0.3, 0.4) is 0 Å². The number of fused-ring (bicyclic) bond motifs is 1. The molecule has 2 aromatic carbocycles. The molecule has 1 aliphatic heterocycles. The molecule has 110 valence electrons.